The smallest absolute Gasteiger partial charge is 0.326 e. The largest absolute Gasteiger partial charge is 0.480 e. The summed E-state index contributed by atoms with van der Waals surface area (Å²) in [5, 5.41) is 12.5. The van der Waals surface area contributed by atoms with Gasteiger partial charge in [-0.3, -0.25) is 9.78 Å². The number of amides is 1. The topological polar surface area (TPSA) is 79.3 Å². The third kappa shape index (κ3) is 3.78. The van der Waals surface area contributed by atoms with Crippen LogP contribution in [0.5, 0.6) is 0 Å². The fourth-order valence-electron chi connectivity index (χ4n) is 2.10. The number of nitrogens with zero attached hydrogens (tertiary/aromatic N) is 1. The maximum absolute atomic E-state index is 12.2. The zero-order valence-electron chi connectivity index (χ0n) is 11.9. The highest BCUT2D eigenvalue weighted by Crippen LogP contribution is 2.13. The van der Waals surface area contributed by atoms with Gasteiger partial charge >= 0.3 is 5.97 Å². The molecule has 0 spiro atoms. The molecule has 110 valence electrons. The van der Waals surface area contributed by atoms with Crippen LogP contribution in [0.2, 0.25) is 0 Å². The Morgan fingerprint density at radius 2 is 2.10 bits per heavy atom. The summed E-state index contributed by atoms with van der Waals surface area (Å²) in [6.07, 6.45) is 3.54. The lowest BCUT2D eigenvalue weighted by Gasteiger charge is -2.14. The van der Waals surface area contributed by atoms with E-state index in [1.807, 2.05) is 31.2 Å². The molecule has 0 saturated carbocycles. The van der Waals surface area contributed by atoms with Crippen molar-refractivity contribution in [3.8, 4) is 0 Å². The maximum Gasteiger partial charge on any atom is 0.326 e. The fraction of sp³-hybridized carbons (Fsp3) is 0.312. The predicted octanol–water partition coefficient (Wildman–Crippen LogP) is 2.61. The molecular weight excluding hydrogens is 268 g/mol. The van der Waals surface area contributed by atoms with Gasteiger partial charge in [-0.1, -0.05) is 38.0 Å². The van der Waals surface area contributed by atoms with E-state index in [2.05, 4.69) is 10.3 Å². The Labute approximate surface area is 123 Å². The number of nitrogens with one attached hydrogen (secondary N) is 1. The Balaban J connectivity index is 2.15. The fourth-order valence-corrected chi connectivity index (χ4v) is 2.10. The molecule has 21 heavy (non-hydrogen) atoms. The molecule has 0 fully saturated rings. The number of para-hydroxylation sites is 1. The SMILES string of the molecule is CCCC[C@H](NC(=O)c1cnc2ccccc2c1)C(=O)O. The van der Waals surface area contributed by atoms with Crippen molar-refractivity contribution in [3.63, 3.8) is 0 Å². The summed E-state index contributed by atoms with van der Waals surface area (Å²) in [4.78, 5) is 27.5. The molecule has 0 saturated heterocycles. The van der Waals surface area contributed by atoms with Crippen LogP contribution in [0.25, 0.3) is 10.9 Å². The van der Waals surface area contributed by atoms with Gasteiger partial charge in [-0.15, -0.1) is 0 Å². The van der Waals surface area contributed by atoms with Gasteiger partial charge in [0.05, 0.1) is 11.1 Å². The van der Waals surface area contributed by atoms with Gasteiger partial charge in [0.25, 0.3) is 5.91 Å². The van der Waals surface area contributed by atoms with Crippen LogP contribution in [0.3, 0.4) is 0 Å². The highest BCUT2D eigenvalue weighted by molar-refractivity contribution is 5.99. The normalized spacial score (nSPS) is 12.0. The average molecular weight is 286 g/mol. The lowest BCUT2D eigenvalue weighted by Crippen LogP contribution is -2.40. The molecule has 0 aliphatic rings. The number of fused-ring (bicyclic) bond motifs is 1. The second kappa shape index (κ2) is 6.83. The average Bonchev–Trinajstić information content (AvgIpc) is 2.50. The molecule has 0 aliphatic heterocycles. The van der Waals surface area contributed by atoms with Crippen LogP contribution in [0.4, 0.5) is 0 Å². The van der Waals surface area contributed by atoms with Crippen molar-refractivity contribution < 1.29 is 14.7 Å². The minimum absolute atomic E-state index is 0.372. The van der Waals surface area contributed by atoms with Crippen LogP contribution < -0.4 is 5.32 Å². The predicted molar refractivity (Wildman–Crippen MR) is 80.2 cm³/mol. The highest BCUT2D eigenvalue weighted by atomic mass is 16.4. The molecule has 0 aliphatic carbocycles. The monoisotopic (exact) mass is 286 g/mol. The number of aliphatic carboxylic acids is 1. The summed E-state index contributed by atoms with van der Waals surface area (Å²) in [7, 11) is 0. The first kappa shape index (κ1) is 15.0. The molecule has 0 bridgehead atoms. The molecule has 1 amide bonds. The number of carboxylic acids is 1. The molecule has 0 radical (unpaired) electrons. The van der Waals surface area contributed by atoms with E-state index in [0.29, 0.717) is 12.0 Å². The van der Waals surface area contributed by atoms with E-state index in [1.165, 1.54) is 6.20 Å². The van der Waals surface area contributed by atoms with Crippen molar-refractivity contribution >= 4 is 22.8 Å². The standard InChI is InChI=1S/C16H18N2O3/c1-2-3-7-14(16(20)21)18-15(19)12-9-11-6-4-5-8-13(11)17-10-12/h4-6,8-10,14H,2-3,7H2,1H3,(H,18,19)(H,20,21)/t14-/m0/s1. The van der Waals surface area contributed by atoms with Crippen LogP contribution in [0.1, 0.15) is 36.5 Å². The highest BCUT2D eigenvalue weighted by Gasteiger charge is 2.20. The van der Waals surface area contributed by atoms with Gasteiger partial charge in [-0.05, 0) is 18.6 Å². The Morgan fingerprint density at radius 1 is 1.33 bits per heavy atom. The summed E-state index contributed by atoms with van der Waals surface area (Å²) in [5.41, 5.74) is 1.17. The second-order valence-electron chi connectivity index (χ2n) is 4.92. The van der Waals surface area contributed by atoms with Gasteiger partial charge < -0.3 is 10.4 Å². The molecule has 1 heterocycles. The molecule has 1 aromatic heterocycles. The zero-order chi connectivity index (χ0) is 15.2. The molecule has 2 aromatic rings. The molecule has 1 aromatic carbocycles. The molecule has 5 nitrogen and oxygen atoms in total. The molecule has 5 heteroatoms. The number of unbranched alkanes of at least 4 members (excludes halogenated alkanes) is 1. The van der Waals surface area contributed by atoms with E-state index >= 15 is 0 Å². The number of carbonyl (C=O) groups is 2. The Morgan fingerprint density at radius 3 is 2.81 bits per heavy atom. The quantitative estimate of drug-likeness (QED) is 0.855. The molecule has 1 atom stereocenters. The Hall–Kier alpha value is -2.43. The van der Waals surface area contributed by atoms with Crippen molar-refractivity contribution in [2.75, 3.05) is 0 Å². The van der Waals surface area contributed by atoms with Crippen molar-refractivity contribution in [2.24, 2.45) is 0 Å². The minimum atomic E-state index is -1.01. The summed E-state index contributed by atoms with van der Waals surface area (Å²) in [6, 6.07) is 8.33. The first-order valence-corrected chi connectivity index (χ1v) is 7.00. The summed E-state index contributed by atoms with van der Waals surface area (Å²) in [5.74, 6) is -1.41. The second-order valence-corrected chi connectivity index (χ2v) is 4.92. The lowest BCUT2D eigenvalue weighted by molar-refractivity contribution is -0.139. The van der Waals surface area contributed by atoms with Crippen molar-refractivity contribution in [3.05, 3.63) is 42.1 Å². The third-order valence-electron chi connectivity index (χ3n) is 3.30. The van der Waals surface area contributed by atoms with E-state index in [0.717, 1.165) is 23.7 Å². The number of aromatic nitrogens is 1. The molecular formula is C16H18N2O3. The minimum Gasteiger partial charge on any atom is -0.480 e. The van der Waals surface area contributed by atoms with Gasteiger partial charge in [0.1, 0.15) is 6.04 Å². The van der Waals surface area contributed by atoms with E-state index in [1.54, 1.807) is 6.07 Å². The first-order chi connectivity index (χ1) is 10.1. The van der Waals surface area contributed by atoms with Gasteiger partial charge in [0.2, 0.25) is 0 Å². The third-order valence-corrected chi connectivity index (χ3v) is 3.30. The van der Waals surface area contributed by atoms with Gasteiger partial charge in [0.15, 0.2) is 0 Å². The van der Waals surface area contributed by atoms with Crippen molar-refractivity contribution in [1.82, 2.24) is 10.3 Å². The van der Waals surface area contributed by atoms with Gasteiger partial charge in [-0.25, -0.2) is 4.79 Å². The van der Waals surface area contributed by atoms with E-state index in [-0.39, 0.29) is 0 Å². The Kier molecular flexibility index (Phi) is 4.87. The molecule has 2 N–H and O–H groups in total. The van der Waals surface area contributed by atoms with E-state index < -0.39 is 17.9 Å². The van der Waals surface area contributed by atoms with Crippen LogP contribution in [0, 0.1) is 0 Å². The number of rotatable bonds is 6. The maximum atomic E-state index is 12.2. The number of carbonyl (C=O) groups excluding carboxylic acids is 1. The van der Waals surface area contributed by atoms with Crippen LogP contribution in [-0.4, -0.2) is 28.0 Å². The summed E-state index contributed by atoms with van der Waals surface area (Å²) >= 11 is 0. The van der Waals surface area contributed by atoms with Gasteiger partial charge in [-0.2, -0.15) is 0 Å². The first-order valence-electron chi connectivity index (χ1n) is 7.00. The van der Waals surface area contributed by atoms with Crippen molar-refractivity contribution in [1.29, 1.82) is 0 Å². The van der Waals surface area contributed by atoms with E-state index in [9.17, 15) is 9.59 Å². The Bertz CT molecular complexity index is 655. The lowest BCUT2D eigenvalue weighted by atomic mass is 10.1. The molecule has 2 rings (SSSR count). The number of pyridine rings is 1. The number of benzene rings is 1. The van der Waals surface area contributed by atoms with Crippen LogP contribution in [-0.2, 0) is 4.79 Å². The molecule has 0 unspecified atom stereocenters. The summed E-state index contributed by atoms with van der Waals surface area (Å²) < 4.78 is 0. The zero-order valence-corrected chi connectivity index (χ0v) is 11.9. The van der Waals surface area contributed by atoms with Crippen LogP contribution >= 0.6 is 0 Å². The number of hydrogen-bond acceptors (Lipinski definition) is 3. The van der Waals surface area contributed by atoms with Gasteiger partial charge in [0, 0.05) is 11.6 Å². The van der Waals surface area contributed by atoms with Crippen molar-refractivity contribution in [2.45, 2.75) is 32.2 Å². The number of carboxylic acid groups (broad SMARTS) is 1. The van der Waals surface area contributed by atoms with Crippen LogP contribution in [0.15, 0.2) is 36.5 Å². The number of hydrogen-bond donors (Lipinski definition) is 2. The summed E-state index contributed by atoms with van der Waals surface area (Å²) in [6.45, 7) is 1.98. The van der Waals surface area contributed by atoms with E-state index in [4.69, 9.17) is 5.11 Å².